The molecular formula is C7H9AcClN2O. The molecule has 1 rings (SSSR count). The average molecular weight is 400 g/mol. The normalized spacial score (nSPS) is 7.75. The summed E-state index contributed by atoms with van der Waals surface area (Å²) in [5, 5.41) is 7.66. The molecule has 12 heavy (non-hydrogen) atoms. The van der Waals surface area contributed by atoms with Crippen LogP contribution in [0.5, 0.6) is 0 Å². The first-order valence-electron chi connectivity index (χ1n) is 2.80. The summed E-state index contributed by atoms with van der Waals surface area (Å²) in [6.07, 6.45) is 0. The average Bonchev–Trinajstić information content (AvgIpc) is 1.88. The molecule has 0 bridgehead atoms. The fourth-order valence-corrected chi connectivity index (χ4v) is 0.846. The standard InChI is InChI=1S/C7H7ClN2.Ac.H2O/c8-6-3-1-2-5(4-6)7(9)10;;/h1-4H,(H3,9,10);;1H2. The van der Waals surface area contributed by atoms with Crippen molar-refractivity contribution in [1.82, 2.24) is 0 Å². The Bertz CT molecular complexity index is 267. The molecule has 0 saturated carbocycles. The van der Waals surface area contributed by atoms with Crippen LogP contribution < -0.4 is 5.73 Å². The zero-order valence-electron chi connectivity index (χ0n) is 6.34. The summed E-state index contributed by atoms with van der Waals surface area (Å²) in [5.41, 5.74) is 5.87. The van der Waals surface area contributed by atoms with Crippen LogP contribution in [-0.2, 0) is 0 Å². The Morgan fingerprint density at radius 3 is 2.33 bits per heavy atom. The molecule has 0 amide bonds. The zero-order chi connectivity index (χ0) is 7.56. The van der Waals surface area contributed by atoms with Crippen molar-refractivity contribution >= 4 is 17.4 Å². The van der Waals surface area contributed by atoms with Crippen molar-refractivity contribution < 1.29 is 49.5 Å². The van der Waals surface area contributed by atoms with Gasteiger partial charge in [-0.1, -0.05) is 23.7 Å². The first-order valence-corrected chi connectivity index (χ1v) is 3.18. The maximum absolute atomic E-state index is 7.05. The number of nitrogens with two attached hydrogens (primary N) is 1. The van der Waals surface area contributed by atoms with Crippen LogP contribution in [0.25, 0.3) is 0 Å². The van der Waals surface area contributed by atoms with Crippen molar-refractivity contribution in [2.45, 2.75) is 0 Å². The van der Waals surface area contributed by atoms with Gasteiger partial charge in [-0.2, -0.15) is 0 Å². The van der Waals surface area contributed by atoms with E-state index in [9.17, 15) is 0 Å². The summed E-state index contributed by atoms with van der Waals surface area (Å²) < 4.78 is 0. The zero-order valence-corrected chi connectivity index (χ0v) is 11.8. The number of benzene rings is 1. The molecule has 0 heterocycles. The molecule has 0 aliphatic rings. The van der Waals surface area contributed by atoms with E-state index < -0.39 is 0 Å². The summed E-state index contributed by atoms with van der Waals surface area (Å²) in [4.78, 5) is 0. The van der Waals surface area contributed by atoms with Gasteiger partial charge in [0.05, 0.1) is 0 Å². The third kappa shape index (κ3) is 4.42. The van der Waals surface area contributed by atoms with Gasteiger partial charge >= 0.3 is 0 Å². The molecule has 0 aromatic heterocycles. The Balaban J connectivity index is 0. The topological polar surface area (TPSA) is 81.4 Å². The first kappa shape index (κ1) is 14.9. The van der Waals surface area contributed by atoms with E-state index in [0.29, 0.717) is 10.6 Å². The Kier molecular flexibility index (Phi) is 8.50. The maximum atomic E-state index is 7.05. The minimum atomic E-state index is 0. The molecule has 0 aliphatic heterocycles. The second kappa shape index (κ2) is 6.85. The Morgan fingerprint density at radius 1 is 1.42 bits per heavy atom. The molecular weight excluding hydrogens is 391 g/mol. The third-order valence-electron chi connectivity index (χ3n) is 1.14. The van der Waals surface area contributed by atoms with Crippen molar-refractivity contribution in [2.24, 2.45) is 5.73 Å². The van der Waals surface area contributed by atoms with Crippen LogP contribution in [0.1, 0.15) is 5.56 Å². The minimum absolute atomic E-state index is 0. The van der Waals surface area contributed by atoms with Crippen molar-refractivity contribution in [3.63, 3.8) is 0 Å². The molecule has 1 aromatic rings. The van der Waals surface area contributed by atoms with Crippen molar-refractivity contribution in [3.05, 3.63) is 34.9 Å². The molecule has 5 heteroatoms. The maximum Gasteiger partial charge on any atom is 0.122 e. The van der Waals surface area contributed by atoms with Crippen LogP contribution in [0.2, 0.25) is 5.02 Å². The molecule has 5 N–H and O–H groups in total. The van der Waals surface area contributed by atoms with Gasteiger partial charge in [0.1, 0.15) is 5.84 Å². The second-order valence-corrected chi connectivity index (χ2v) is 2.36. The molecule has 0 spiro atoms. The molecule has 0 fully saturated rings. The molecule has 3 nitrogen and oxygen atoms in total. The van der Waals surface area contributed by atoms with E-state index in [-0.39, 0.29) is 55.4 Å². The molecule has 1 radical (unpaired) electrons. The predicted octanol–water partition coefficient (Wildman–Crippen LogP) is 0.799. The number of amidine groups is 1. The van der Waals surface area contributed by atoms with Gasteiger partial charge in [-0.15, -0.1) is 0 Å². The molecule has 63 valence electrons. The number of nitrogens with one attached hydrogen (secondary N) is 1. The Labute approximate surface area is 112 Å². The van der Waals surface area contributed by atoms with E-state index in [0.717, 1.165) is 0 Å². The van der Waals surface area contributed by atoms with Crippen molar-refractivity contribution in [3.8, 4) is 0 Å². The monoisotopic (exact) mass is 399 g/mol. The largest absolute Gasteiger partial charge is 0.412 e. The van der Waals surface area contributed by atoms with Crippen LogP contribution in [-0.4, -0.2) is 11.3 Å². The third-order valence-corrected chi connectivity index (χ3v) is 1.37. The second-order valence-electron chi connectivity index (χ2n) is 1.92. The van der Waals surface area contributed by atoms with Gasteiger partial charge in [-0.3, -0.25) is 5.41 Å². The summed E-state index contributed by atoms with van der Waals surface area (Å²) in [5.74, 6) is 0.0440. The van der Waals surface area contributed by atoms with Crippen molar-refractivity contribution in [1.29, 1.82) is 5.41 Å². The van der Waals surface area contributed by atoms with Gasteiger partial charge in [0.25, 0.3) is 0 Å². The molecule has 1 aromatic carbocycles. The smallest absolute Gasteiger partial charge is 0.122 e. The van der Waals surface area contributed by atoms with E-state index in [2.05, 4.69) is 0 Å². The van der Waals surface area contributed by atoms with Gasteiger partial charge in [0.2, 0.25) is 0 Å². The fraction of sp³-hybridized carbons (Fsp3) is 0. The SMILES string of the molecule is N=C(N)c1cccc(Cl)c1.O.[Ac]. The number of hydrogen-bond donors (Lipinski definition) is 2. The van der Waals surface area contributed by atoms with Gasteiger partial charge in [-0.25, -0.2) is 0 Å². The summed E-state index contributed by atoms with van der Waals surface area (Å²) in [6.45, 7) is 0. The van der Waals surface area contributed by atoms with Crippen LogP contribution in [0.3, 0.4) is 0 Å². The molecule has 0 unspecified atom stereocenters. The van der Waals surface area contributed by atoms with Gasteiger partial charge in [0, 0.05) is 54.6 Å². The number of halogens is 1. The van der Waals surface area contributed by atoms with E-state index in [4.69, 9.17) is 22.7 Å². The Morgan fingerprint density at radius 2 is 2.00 bits per heavy atom. The van der Waals surface area contributed by atoms with Crippen LogP contribution in [0.4, 0.5) is 0 Å². The minimum Gasteiger partial charge on any atom is -0.412 e. The Hall–Kier alpha value is 0.382. The van der Waals surface area contributed by atoms with Crippen LogP contribution >= 0.6 is 11.6 Å². The van der Waals surface area contributed by atoms with Gasteiger partial charge in [0.15, 0.2) is 0 Å². The first-order chi connectivity index (χ1) is 4.70. The number of rotatable bonds is 1. The quantitative estimate of drug-likeness (QED) is 0.531. The summed E-state index contributed by atoms with van der Waals surface area (Å²) in [6, 6.07) is 6.91. The van der Waals surface area contributed by atoms with Crippen LogP contribution in [0, 0.1) is 49.5 Å². The molecule has 0 aliphatic carbocycles. The van der Waals surface area contributed by atoms with Gasteiger partial charge in [-0.05, 0) is 12.1 Å². The number of hydrogen-bond acceptors (Lipinski definition) is 1. The predicted molar refractivity (Wildman–Crippen MR) is 46.1 cm³/mol. The molecule has 0 atom stereocenters. The summed E-state index contributed by atoms with van der Waals surface area (Å²) in [7, 11) is 0. The van der Waals surface area contributed by atoms with E-state index in [1.165, 1.54) is 0 Å². The number of nitrogen functional groups attached to an aromatic ring is 1. The van der Waals surface area contributed by atoms with Gasteiger partial charge < -0.3 is 11.2 Å². The van der Waals surface area contributed by atoms with Crippen LogP contribution in [0.15, 0.2) is 24.3 Å². The molecule has 0 saturated heterocycles. The van der Waals surface area contributed by atoms with E-state index in [1.807, 2.05) is 0 Å². The van der Waals surface area contributed by atoms with E-state index >= 15 is 0 Å². The van der Waals surface area contributed by atoms with E-state index in [1.54, 1.807) is 24.3 Å². The fourth-order valence-electron chi connectivity index (χ4n) is 0.656. The van der Waals surface area contributed by atoms with Crippen molar-refractivity contribution in [2.75, 3.05) is 0 Å². The summed E-state index contributed by atoms with van der Waals surface area (Å²) >= 11 is 5.64.